The van der Waals surface area contributed by atoms with Crippen molar-refractivity contribution in [1.29, 1.82) is 0 Å². The molecule has 0 aliphatic carbocycles. The lowest BCUT2D eigenvalue weighted by Gasteiger charge is -2.46. The minimum atomic E-state index is -1.68. The van der Waals surface area contributed by atoms with Crippen LogP contribution in [0.25, 0.3) is 0 Å². The number of carbonyl (C=O) groups is 4. The number of rotatable bonds is 11. The molecule has 3 fully saturated rings. The van der Waals surface area contributed by atoms with Crippen LogP contribution in [0.15, 0.2) is 60.7 Å². The smallest absolute Gasteiger partial charge is 0.330 e. The lowest BCUT2D eigenvalue weighted by atomic mass is 9.87. The van der Waals surface area contributed by atoms with Crippen molar-refractivity contribution < 1.29 is 34.1 Å². The molecule has 2 N–H and O–H groups in total. The SMILES string of the molecule is CC1(C)S[C@@H]2[C@H]([C@H](O)C(=O)N(CC(=O)N3CCN(CCO)CC3)Cc3ccccc3)C(=O)N2[C@H]1C(=O)OCc1ccccc1. The van der Waals surface area contributed by atoms with Crippen molar-refractivity contribution in [3.05, 3.63) is 71.8 Å². The van der Waals surface area contributed by atoms with Crippen LogP contribution < -0.4 is 0 Å². The van der Waals surface area contributed by atoms with Crippen LogP contribution in [-0.4, -0.2) is 122 Å². The first kappa shape index (κ1) is 32.0. The number of aliphatic hydroxyl groups excluding tert-OH is 2. The van der Waals surface area contributed by atoms with E-state index in [1.807, 2.05) is 74.5 Å². The van der Waals surface area contributed by atoms with Gasteiger partial charge >= 0.3 is 5.97 Å². The van der Waals surface area contributed by atoms with Crippen molar-refractivity contribution in [1.82, 2.24) is 19.6 Å². The summed E-state index contributed by atoms with van der Waals surface area (Å²) in [5.74, 6) is -3.01. The first-order chi connectivity index (χ1) is 21.1. The fourth-order valence-corrected chi connectivity index (χ4v) is 7.82. The van der Waals surface area contributed by atoms with Gasteiger partial charge in [0, 0.05) is 44.0 Å². The van der Waals surface area contributed by atoms with E-state index in [4.69, 9.17) is 4.74 Å². The Morgan fingerprint density at radius 2 is 1.61 bits per heavy atom. The molecule has 12 heteroatoms. The third-order valence-corrected chi connectivity index (χ3v) is 10.1. The zero-order valence-corrected chi connectivity index (χ0v) is 25.9. The number of aliphatic hydroxyl groups is 2. The summed E-state index contributed by atoms with van der Waals surface area (Å²) in [5, 5.41) is 20.0. The number of fused-ring (bicyclic) bond motifs is 1. The molecular weight excluding hydrogens is 584 g/mol. The standard InChI is InChI=1S/C32H40N4O7S/c1-32(2)27(31(42)43-21-23-11-7-4-8-12-23)36-28(40)25(30(36)44-32)26(39)29(41)35(19-22-9-5-3-6-10-22)20-24(38)34-15-13-33(14-16-34)17-18-37/h3-12,25-27,30,37,39H,13-21H2,1-2H3/t25-,26+,27+,30-/m1/s1. The first-order valence-electron chi connectivity index (χ1n) is 14.9. The van der Waals surface area contributed by atoms with Gasteiger partial charge in [0.1, 0.15) is 31.2 Å². The van der Waals surface area contributed by atoms with Crippen LogP contribution in [-0.2, 0) is 37.1 Å². The van der Waals surface area contributed by atoms with Gasteiger partial charge in [-0.3, -0.25) is 19.3 Å². The van der Waals surface area contributed by atoms with Crippen molar-refractivity contribution >= 4 is 35.5 Å². The van der Waals surface area contributed by atoms with Crippen molar-refractivity contribution in [3.63, 3.8) is 0 Å². The highest BCUT2D eigenvalue weighted by atomic mass is 32.2. The number of amides is 3. The van der Waals surface area contributed by atoms with Gasteiger partial charge in [0.05, 0.1) is 12.0 Å². The Morgan fingerprint density at radius 3 is 2.23 bits per heavy atom. The molecule has 11 nitrogen and oxygen atoms in total. The van der Waals surface area contributed by atoms with Gasteiger partial charge in [0.25, 0.3) is 5.91 Å². The summed E-state index contributed by atoms with van der Waals surface area (Å²) in [4.78, 5) is 60.3. The van der Waals surface area contributed by atoms with Crippen LogP contribution in [0.1, 0.15) is 25.0 Å². The van der Waals surface area contributed by atoms with Gasteiger partial charge in [-0.15, -0.1) is 11.8 Å². The minimum Gasteiger partial charge on any atom is -0.459 e. The number of piperazine rings is 1. The molecule has 5 rings (SSSR count). The summed E-state index contributed by atoms with van der Waals surface area (Å²) >= 11 is 1.37. The fraction of sp³-hybridized carbons (Fsp3) is 0.500. The average Bonchev–Trinajstić information content (AvgIpc) is 3.27. The monoisotopic (exact) mass is 624 g/mol. The highest BCUT2D eigenvalue weighted by Gasteiger charge is 2.66. The second-order valence-corrected chi connectivity index (χ2v) is 13.7. The van der Waals surface area contributed by atoms with E-state index in [0.29, 0.717) is 32.7 Å². The molecule has 2 aromatic carbocycles. The van der Waals surface area contributed by atoms with Crippen molar-refractivity contribution in [2.45, 2.75) is 49.3 Å². The molecule has 3 amide bonds. The second-order valence-electron chi connectivity index (χ2n) is 11.9. The maximum Gasteiger partial charge on any atom is 0.330 e. The van der Waals surface area contributed by atoms with E-state index in [1.54, 1.807) is 4.90 Å². The van der Waals surface area contributed by atoms with E-state index < -0.39 is 46.0 Å². The lowest BCUT2D eigenvalue weighted by Crippen LogP contribution is -2.67. The Balaban J connectivity index is 1.27. The molecule has 0 spiro atoms. The van der Waals surface area contributed by atoms with Gasteiger partial charge < -0.3 is 29.6 Å². The molecule has 0 bridgehead atoms. The van der Waals surface area contributed by atoms with Gasteiger partial charge in [-0.1, -0.05) is 60.7 Å². The molecule has 0 unspecified atom stereocenters. The van der Waals surface area contributed by atoms with Gasteiger partial charge in [-0.25, -0.2) is 4.79 Å². The van der Waals surface area contributed by atoms with Crippen molar-refractivity contribution in [3.8, 4) is 0 Å². The molecule has 3 heterocycles. The summed E-state index contributed by atoms with van der Waals surface area (Å²) in [6.07, 6.45) is -1.68. The summed E-state index contributed by atoms with van der Waals surface area (Å²) in [6.45, 7) is 6.41. The van der Waals surface area contributed by atoms with E-state index >= 15 is 0 Å². The number of hydrogen-bond donors (Lipinski definition) is 2. The molecule has 3 aliphatic rings. The summed E-state index contributed by atoms with van der Waals surface area (Å²) in [6, 6.07) is 17.6. The summed E-state index contributed by atoms with van der Waals surface area (Å²) < 4.78 is 4.87. The molecule has 236 valence electrons. The number of hydrogen-bond acceptors (Lipinski definition) is 9. The van der Waals surface area contributed by atoms with Crippen LogP contribution >= 0.6 is 11.8 Å². The molecule has 0 saturated carbocycles. The quantitative estimate of drug-likeness (QED) is 0.277. The number of ether oxygens (including phenoxy) is 1. The Hall–Kier alpha value is -3.45. The van der Waals surface area contributed by atoms with Crippen LogP contribution in [0.2, 0.25) is 0 Å². The number of benzene rings is 2. The zero-order valence-electron chi connectivity index (χ0n) is 25.1. The van der Waals surface area contributed by atoms with E-state index in [-0.39, 0.29) is 32.2 Å². The minimum absolute atomic E-state index is 0.0502. The Labute approximate surface area is 261 Å². The predicted molar refractivity (Wildman–Crippen MR) is 164 cm³/mol. The third kappa shape index (κ3) is 6.78. The molecular formula is C32H40N4O7S. The number of β-amino-alcohol motifs (C(OH)–C–C–N with tert-alkyl or cyclic N) is 1. The largest absolute Gasteiger partial charge is 0.459 e. The van der Waals surface area contributed by atoms with Crippen LogP contribution in [0, 0.1) is 5.92 Å². The maximum absolute atomic E-state index is 13.8. The van der Waals surface area contributed by atoms with Crippen LogP contribution in [0.4, 0.5) is 0 Å². The topological polar surface area (TPSA) is 131 Å². The number of esters is 1. The Kier molecular flexibility index (Phi) is 9.94. The Morgan fingerprint density at radius 1 is 1.00 bits per heavy atom. The van der Waals surface area contributed by atoms with E-state index in [2.05, 4.69) is 4.90 Å². The molecule has 0 aromatic heterocycles. The molecule has 3 saturated heterocycles. The summed E-state index contributed by atoms with van der Waals surface area (Å²) in [7, 11) is 0. The number of carbonyl (C=O) groups excluding carboxylic acids is 4. The summed E-state index contributed by atoms with van der Waals surface area (Å²) in [5.41, 5.74) is 1.61. The fourth-order valence-electron chi connectivity index (χ4n) is 6.10. The molecule has 0 radical (unpaired) electrons. The van der Waals surface area contributed by atoms with Crippen LogP contribution in [0.5, 0.6) is 0 Å². The van der Waals surface area contributed by atoms with E-state index in [1.165, 1.54) is 21.6 Å². The van der Waals surface area contributed by atoms with Gasteiger partial charge in [-0.05, 0) is 25.0 Å². The normalized spacial score (nSPS) is 23.5. The molecule has 3 aliphatic heterocycles. The van der Waals surface area contributed by atoms with Crippen molar-refractivity contribution in [2.75, 3.05) is 45.9 Å². The predicted octanol–water partition coefficient (Wildman–Crippen LogP) is 0.935. The van der Waals surface area contributed by atoms with Crippen LogP contribution in [0.3, 0.4) is 0 Å². The first-order valence-corrected chi connectivity index (χ1v) is 15.8. The Bertz CT molecular complexity index is 1340. The highest BCUT2D eigenvalue weighted by molar-refractivity contribution is 8.01. The molecule has 4 atom stereocenters. The van der Waals surface area contributed by atoms with Crippen molar-refractivity contribution in [2.24, 2.45) is 5.92 Å². The highest BCUT2D eigenvalue weighted by Crippen LogP contribution is 2.54. The van der Waals surface area contributed by atoms with Gasteiger partial charge in [0.2, 0.25) is 11.8 Å². The third-order valence-electron chi connectivity index (χ3n) is 8.52. The van der Waals surface area contributed by atoms with E-state index in [9.17, 15) is 29.4 Å². The number of β-lactam (4-membered cyclic amide) rings is 1. The average molecular weight is 625 g/mol. The molecule has 2 aromatic rings. The van der Waals surface area contributed by atoms with Gasteiger partial charge in [-0.2, -0.15) is 0 Å². The number of nitrogens with zero attached hydrogens (tertiary/aromatic N) is 4. The second kappa shape index (κ2) is 13.7. The maximum atomic E-state index is 13.8. The lowest BCUT2D eigenvalue weighted by molar-refractivity contribution is -0.176. The van der Waals surface area contributed by atoms with Gasteiger partial charge in [0.15, 0.2) is 0 Å². The number of thioether (sulfide) groups is 1. The zero-order chi connectivity index (χ0) is 31.4. The van der Waals surface area contributed by atoms with E-state index in [0.717, 1.165) is 11.1 Å². The molecule has 44 heavy (non-hydrogen) atoms.